The first-order valence-corrected chi connectivity index (χ1v) is 7.99. The highest BCUT2D eigenvalue weighted by atomic mass is 19.1. The number of carbonyl (C=O) groups excluding carboxylic acids is 1. The number of amides is 1. The van der Waals surface area contributed by atoms with Crippen molar-refractivity contribution >= 4 is 11.6 Å². The normalized spacial score (nSPS) is 10.7. The Morgan fingerprint density at radius 1 is 1.17 bits per heavy atom. The third-order valence-corrected chi connectivity index (χ3v) is 3.52. The standard InChI is InChI=1S/C19H23FN2O2/c1-14(2)24-18-6-4-3-5-15(18)13-22(12-11-19(21)23)17-9-7-16(20)8-10-17/h3-10,14H,11-13H2,1-2H3,(H2,21,23). The maximum absolute atomic E-state index is 13.2. The molecule has 0 spiro atoms. The van der Waals surface area contributed by atoms with E-state index in [-0.39, 0.29) is 24.2 Å². The molecule has 1 amide bonds. The van der Waals surface area contributed by atoms with Crippen LogP contribution in [0.25, 0.3) is 0 Å². The number of primary amides is 1. The van der Waals surface area contributed by atoms with Gasteiger partial charge in [0.25, 0.3) is 0 Å². The largest absolute Gasteiger partial charge is 0.491 e. The molecule has 128 valence electrons. The topological polar surface area (TPSA) is 55.6 Å². The third-order valence-electron chi connectivity index (χ3n) is 3.52. The van der Waals surface area contributed by atoms with Crippen LogP contribution < -0.4 is 15.4 Å². The first-order valence-electron chi connectivity index (χ1n) is 7.99. The van der Waals surface area contributed by atoms with Crippen molar-refractivity contribution in [2.24, 2.45) is 5.73 Å². The van der Waals surface area contributed by atoms with Gasteiger partial charge in [0, 0.05) is 30.8 Å². The van der Waals surface area contributed by atoms with Gasteiger partial charge < -0.3 is 15.4 Å². The second-order valence-electron chi connectivity index (χ2n) is 5.89. The third kappa shape index (κ3) is 5.26. The summed E-state index contributed by atoms with van der Waals surface area (Å²) in [6.07, 6.45) is 0.293. The lowest BCUT2D eigenvalue weighted by atomic mass is 10.1. The van der Waals surface area contributed by atoms with E-state index in [2.05, 4.69) is 0 Å². The Balaban J connectivity index is 2.24. The molecule has 2 aromatic carbocycles. The van der Waals surface area contributed by atoms with Crippen LogP contribution in [0, 0.1) is 5.82 Å². The minimum Gasteiger partial charge on any atom is -0.491 e. The number of nitrogens with zero attached hydrogens (tertiary/aromatic N) is 1. The van der Waals surface area contributed by atoms with E-state index in [4.69, 9.17) is 10.5 Å². The molecule has 4 nitrogen and oxygen atoms in total. The zero-order chi connectivity index (χ0) is 17.5. The maximum Gasteiger partial charge on any atom is 0.219 e. The van der Waals surface area contributed by atoms with Gasteiger partial charge in [0.2, 0.25) is 5.91 Å². The number of para-hydroxylation sites is 1. The molecule has 0 aliphatic carbocycles. The first-order chi connectivity index (χ1) is 11.5. The summed E-state index contributed by atoms with van der Waals surface area (Å²) in [6, 6.07) is 14.0. The monoisotopic (exact) mass is 330 g/mol. The molecule has 0 aliphatic rings. The zero-order valence-electron chi connectivity index (χ0n) is 14.0. The van der Waals surface area contributed by atoms with Crippen LogP contribution in [-0.4, -0.2) is 18.6 Å². The summed E-state index contributed by atoms with van der Waals surface area (Å²) in [5.41, 5.74) is 7.11. The summed E-state index contributed by atoms with van der Waals surface area (Å²) in [4.78, 5) is 13.2. The summed E-state index contributed by atoms with van der Waals surface area (Å²) < 4.78 is 19.0. The van der Waals surface area contributed by atoms with E-state index in [0.29, 0.717) is 13.1 Å². The number of carbonyl (C=O) groups is 1. The van der Waals surface area contributed by atoms with Gasteiger partial charge in [-0.2, -0.15) is 0 Å². The van der Waals surface area contributed by atoms with E-state index < -0.39 is 0 Å². The smallest absolute Gasteiger partial charge is 0.219 e. The van der Waals surface area contributed by atoms with Crippen LogP contribution in [0.1, 0.15) is 25.8 Å². The number of nitrogens with two attached hydrogens (primary N) is 1. The maximum atomic E-state index is 13.2. The highest BCUT2D eigenvalue weighted by Gasteiger charge is 2.13. The molecule has 5 heteroatoms. The number of hydrogen-bond acceptors (Lipinski definition) is 3. The molecule has 0 aliphatic heterocycles. The Bertz CT molecular complexity index is 671. The van der Waals surface area contributed by atoms with Gasteiger partial charge in [-0.3, -0.25) is 4.79 Å². The molecule has 0 atom stereocenters. The number of rotatable bonds is 8. The van der Waals surface area contributed by atoms with Gasteiger partial charge in [0.1, 0.15) is 11.6 Å². The van der Waals surface area contributed by atoms with Gasteiger partial charge in [0.05, 0.1) is 6.10 Å². The Morgan fingerprint density at radius 3 is 2.46 bits per heavy atom. The lowest BCUT2D eigenvalue weighted by molar-refractivity contribution is -0.117. The molecule has 0 unspecified atom stereocenters. The van der Waals surface area contributed by atoms with Crippen molar-refractivity contribution in [3.63, 3.8) is 0 Å². The van der Waals surface area contributed by atoms with Crippen LogP contribution in [0.15, 0.2) is 48.5 Å². The van der Waals surface area contributed by atoms with E-state index in [0.717, 1.165) is 17.0 Å². The van der Waals surface area contributed by atoms with Gasteiger partial charge in [-0.05, 0) is 44.2 Å². The predicted molar refractivity (Wildman–Crippen MR) is 93.5 cm³/mol. The van der Waals surface area contributed by atoms with E-state index in [1.165, 1.54) is 12.1 Å². The summed E-state index contributed by atoms with van der Waals surface area (Å²) in [5, 5.41) is 0. The summed E-state index contributed by atoms with van der Waals surface area (Å²) >= 11 is 0. The molecular formula is C19H23FN2O2. The Hall–Kier alpha value is -2.56. The fourth-order valence-electron chi connectivity index (χ4n) is 2.41. The van der Waals surface area contributed by atoms with Crippen molar-refractivity contribution in [3.05, 3.63) is 59.9 Å². The van der Waals surface area contributed by atoms with E-state index >= 15 is 0 Å². The molecular weight excluding hydrogens is 307 g/mol. The van der Waals surface area contributed by atoms with Crippen molar-refractivity contribution in [2.45, 2.75) is 32.9 Å². The molecule has 0 fully saturated rings. The number of anilines is 1. The number of halogens is 1. The number of benzene rings is 2. The van der Waals surface area contributed by atoms with E-state index in [1.54, 1.807) is 12.1 Å². The van der Waals surface area contributed by atoms with Crippen molar-refractivity contribution in [1.29, 1.82) is 0 Å². The molecule has 0 bridgehead atoms. The van der Waals surface area contributed by atoms with Crippen LogP contribution in [0.2, 0.25) is 0 Å². The second-order valence-corrected chi connectivity index (χ2v) is 5.89. The Morgan fingerprint density at radius 2 is 1.83 bits per heavy atom. The Labute approximate surface area is 142 Å². The summed E-state index contributed by atoms with van der Waals surface area (Å²) in [6.45, 7) is 4.95. The van der Waals surface area contributed by atoms with Gasteiger partial charge >= 0.3 is 0 Å². The number of hydrogen-bond donors (Lipinski definition) is 1. The average molecular weight is 330 g/mol. The molecule has 24 heavy (non-hydrogen) atoms. The fourth-order valence-corrected chi connectivity index (χ4v) is 2.41. The lowest BCUT2D eigenvalue weighted by Crippen LogP contribution is -2.28. The molecule has 2 rings (SSSR count). The van der Waals surface area contributed by atoms with Gasteiger partial charge in [-0.15, -0.1) is 0 Å². The quantitative estimate of drug-likeness (QED) is 0.806. The van der Waals surface area contributed by atoms with Gasteiger partial charge in [-0.1, -0.05) is 18.2 Å². The van der Waals surface area contributed by atoms with E-state index in [9.17, 15) is 9.18 Å². The van der Waals surface area contributed by atoms with Crippen LogP contribution in [0.3, 0.4) is 0 Å². The highest BCUT2D eigenvalue weighted by Crippen LogP contribution is 2.24. The van der Waals surface area contributed by atoms with E-state index in [1.807, 2.05) is 43.0 Å². The van der Waals surface area contributed by atoms with Gasteiger partial charge in [-0.25, -0.2) is 4.39 Å². The minimum atomic E-state index is -0.367. The van der Waals surface area contributed by atoms with Crippen molar-refractivity contribution in [1.82, 2.24) is 0 Å². The predicted octanol–water partition coefficient (Wildman–Crippen LogP) is 3.49. The lowest BCUT2D eigenvalue weighted by Gasteiger charge is -2.26. The molecule has 0 heterocycles. The average Bonchev–Trinajstić information content (AvgIpc) is 2.53. The van der Waals surface area contributed by atoms with Crippen LogP contribution >= 0.6 is 0 Å². The van der Waals surface area contributed by atoms with Crippen molar-refractivity contribution < 1.29 is 13.9 Å². The molecule has 0 saturated carbocycles. The molecule has 2 N–H and O–H groups in total. The summed E-state index contributed by atoms with van der Waals surface area (Å²) in [5.74, 6) is 0.143. The molecule has 0 aromatic heterocycles. The fraction of sp³-hybridized carbons (Fsp3) is 0.316. The van der Waals surface area contributed by atoms with Crippen LogP contribution in [0.4, 0.5) is 10.1 Å². The SMILES string of the molecule is CC(C)Oc1ccccc1CN(CCC(N)=O)c1ccc(F)cc1. The Kier molecular flexibility index (Phi) is 6.18. The van der Waals surface area contributed by atoms with Crippen molar-refractivity contribution in [3.8, 4) is 5.75 Å². The van der Waals surface area contributed by atoms with Crippen LogP contribution in [-0.2, 0) is 11.3 Å². The zero-order valence-corrected chi connectivity index (χ0v) is 14.0. The highest BCUT2D eigenvalue weighted by molar-refractivity contribution is 5.74. The van der Waals surface area contributed by atoms with Crippen molar-refractivity contribution in [2.75, 3.05) is 11.4 Å². The molecule has 0 radical (unpaired) electrons. The minimum absolute atomic E-state index is 0.0658. The second kappa shape index (κ2) is 8.34. The number of ether oxygens (including phenoxy) is 1. The molecule has 0 saturated heterocycles. The first kappa shape index (κ1) is 17.8. The van der Waals surface area contributed by atoms with Gasteiger partial charge in [0.15, 0.2) is 0 Å². The molecule has 2 aromatic rings. The summed E-state index contributed by atoms with van der Waals surface area (Å²) in [7, 11) is 0. The van der Waals surface area contributed by atoms with Crippen LogP contribution in [0.5, 0.6) is 5.75 Å².